The fraction of sp³-hybridized carbons (Fsp3) is 0.375. The summed E-state index contributed by atoms with van der Waals surface area (Å²) in [7, 11) is 0. The highest BCUT2D eigenvalue weighted by Gasteiger charge is 2.06. The van der Waals surface area contributed by atoms with Crippen molar-refractivity contribution in [2.24, 2.45) is 0 Å². The molecule has 0 radical (unpaired) electrons. The second kappa shape index (κ2) is 7.48. The number of nitrogens with zero attached hydrogens (tertiary/aromatic N) is 2. The average molecular weight is 271 g/mol. The second-order valence-corrected chi connectivity index (χ2v) is 4.60. The second-order valence-electron chi connectivity index (χ2n) is 4.60. The van der Waals surface area contributed by atoms with Gasteiger partial charge >= 0.3 is 0 Å². The number of aromatic nitrogens is 2. The third kappa shape index (κ3) is 4.23. The first-order chi connectivity index (χ1) is 9.81. The summed E-state index contributed by atoms with van der Waals surface area (Å²) >= 11 is 0. The van der Waals surface area contributed by atoms with Crippen LogP contribution in [0.4, 0.5) is 5.82 Å². The minimum atomic E-state index is 0.591. The minimum Gasteiger partial charge on any atom is -0.439 e. The van der Waals surface area contributed by atoms with Gasteiger partial charge in [-0.25, -0.2) is 4.98 Å². The van der Waals surface area contributed by atoms with Crippen LogP contribution in [0.2, 0.25) is 0 Å². The first-order valence-electron chi connectivity index (χ1n) is 7.16. The lowest BCUT2D eigenvalue weighted by Gasteiger charge is -2.10. The molecule has 0 amide bonds. The highest BCUT2D eigenvalue weighted by molar-refractivity contribution is 5.40. The van der Waals surface area contributed by atoms with Gasteiger partial charge in [-0.15, -0.1) is 0 Å². The van der Waals surface area contributed by atoms with Crippen molar-refractivity contribution in [3.05, 3.63) is 42.2 Å². The number of anilines is 1. The zero-order valence-electron chi connectivity index (χ0n) is 12.1. The van der Waals surface area contributed by atoms with Gasteiger partial charge in [0.25, 0.3) is 0 Å². The molecule has 4 heteroatoms. The zero-order chi connectivity index (χ0) is 14.2. The fourth-order valence-electron chi connectivity index (χ4n) is 1.81. The molecule has 4 nitrogen and oxygen atoms in total. The quantitative estimate of drug-likeness (QED) is 0.825. The predicted molar refractivity (Wildman–Crippen MR) is 81.3 cm³/mol. The molecule has 2 aromatic rings. The van der Waals surface area contributed by atoms with Gasteiger partial charge < -0.3 is 10.1 Å². The lowest BCUT2D eigenvalue weighted by Crippen LogP contribution is -2.06. The van der Waals surface area contributed by atoms with Crippen molar-refractivity contribution in [2.45, 2.75) is 33.1 Å². The maximum atomic E-state index is 5.79. The Hall–Kier alpha value is -2.10. The van der Waals surface area contributed by atoms with Gasteiger partial charge in [0, 0.05) is 19.0 Å². The fourth-order valence-corrected chi connectivity index (χ4v) is 1.81. The molecular formula is C16H21N3O. The monoisotopic (exact) mass is 271 g/mol. The molecule has 1 heterocycles. The van der Waals surface area contributed by atoms with Gasteiger partial charge in [0.2, 0.25) is 5.88 Å². The molecule has 2 rings (SSSR count). The number of aryl methyl sites for hydroxylation is 1. The Morgan fingerprint density at radius 1 is 1.05 bits per heavy atom. The normalized spacial score (nSPS) is 10.3. The lowest BCUT2D eigenvalue weighted by atomic mass is 10.3. The van der Waals surface area contributed by atoms with Gasteiger partial charge in [-0.3, -0.25) is 0 Å². The van der Waals surface area contributed by atoms with Crippen LogP contribution in [-0.2, 0) is 6.42 Å². The molecule has 0 aliphatic heterocycles. The van der Waals surface area contributed by atoms with Crippen molar-refractivity contribution in [2.75, 3.05) is 11.9 Å². The number of ether oxygens (including phenoxy) is 1. The van der Waals surface area contributed by atoms with Crippen molar-refractivity contribution in [3.63, 3.8) is 0 Å². The summed E-state index contributed by atoms with van der Waals surface area (Å²) in [6.07, 6.45) is 2.93. The van der Waals surface area contributed by atoms with Crippen molar-refractivity contribution >= 4 is 5.82 Å². The number of nitrogens with one attached hydrogen (secondary N) is 1. The lowest BCUT2D eigenvalue weighted by molar-refractivity contribution is 0.458. The van der Waals surface area contributed by atoms with Crippen LogP contribution in [-0.4, -0.2) is 16.5 Å². The van der Waals surface area contributed by atoms with E-state index in [0.29, 0.717) is 5.88 Å². The van der Waals surface area contributed by atoms with E-state index in [9.17, 15) is 0 Å². The van der Waals surface area contributed by atoms with Gasteiger partial charge in [-0.1, -0.05) is 32.0 Å². The van der Waals surface area contributed by atoms with Crippen LogP contribution < -0.4 is 10.1 Å². The van der Waals surface area contributed by atoms with E-state index in [4.69, 9.17) is 4.74 Å². The first-order valence-corrected chi connectivity index (χ1v) is 7.16. The van der Waals surface area contributed by atoms with E-state index in [-0.39, 0.29) is 0 Å². The summed E-state index contributed by atoms with van der Waals surface area (Å²) in [6, 6.07) is 11.5. The summed E-state index contributed by atoms with van der Waals surface area (Å²) in [6.45, 7) is 5.14. The van der Waals surface area contributed by atoms with Gasteiger partial charge in [-0.05, 0) is 25.0 Å². The Labute approximate surface area is 120 Å². The van der Waals surface area contributed by atoms with Crippen LogP contribution in [0.5, 0.6) is 11.6 Å². The SMILES string of the molecule is CCCNc1cc(Oc2ccccc2)nc(CCC)n1. The Morgan fingerprint density at radius 2 is 1.85 bits per heavy atom. The highest BCUT2D eigenvalue weighted by Crippen LogP contribution is 2.21. The molecule has 0 unspecified atom stereocenters. The van der Waals surface area contributed by atoms with E-state index in [0.717, 1.165) is 43.2 Å². The molecule has 20 heavy (non-hydrogen) atoms. The molecule has 0 aliphatic carbocycles. The smallest absolute Gasteiger partial charge is 0.224 e. The molecule has 0 saturated heterocycles. The number of para-hydroxylation sites is 1. The Bertz CT molecular complexity index is 529. The molecule has 1 aromatic carbocycles. The summed E-state index contributed by atoms with van der Waals surface area (Å²) in [5.74, 6) is 3.03. The molecule has 0 saturated carbocycles. The predicted octanol–water partition coefficient (Wildman–Crippen LogP) is 4.04. The maximum absolute atomic E-state index is 5.79. The summed E-state index contributed by atoms with van der Waals surface area (Å²) < 4.78 is 5.79. The molecule has 0 fully saturated rings. The number of benzene rings is 1. The largest absolute Gasteiger partial charge is 0.439 e. The molecule has 0 aliphatic rings. The molecule has 106 valence electrons. The summed E-state index contributed by atoms with van der Waals surface area (Å²) in [5.41, 5.74) is 0. The van der Waals surface area contributed by atoms with E-state index in [1.807, 2.05) is 36.4 Å². The maximum Gasteiger partial charge on any atom is 0.224 e. The van der Waals surface area contributed by atoms with Crippen molar-refractivity contribution in [1.29, 1.82) is 0 Å². The van der Waals surface area contributed by atoms with E-state index >= 15 is 0 Å². The van der Waals surface area contributed by atoms with Gasteiger partial charge in [0.05, 0.1) is 0 Å². The molecule has 1 aromatic heterocycles. The summed E-state index contributed by atoms with van der Waals surface area (Å²) in [5, 5.41) is 3.29. The first kappa shape index (κ1) is 14.3. The van der Waals surface area contributed by atoms with E-state index < -0.39 is 0 Å². The standard InChI is InChI=1S/C16H21N3O/c1-3-8-14-18-15(17-11-4-2)12-16(19-14)20-13-9-6-5-7-10-13/h5-7,9-10,12H,3-4,8,11H2,1-2H3,(H,17,18,19). The van der Waals surface area contributed by atoms with Crippen LogP contribution in [0, 0.1) is 0 Å². The van der Waals surface area contributed by atoms with Crippen LogP contribution in [0.1, 0.15) is 32.5 Å². The highest BCUT2D eigenvalue weighted by atomic mass is 16.5. The van der Waals surface area contributed by atoms with Gasteiger partial charge in [0.15, 0.2) is 0 Å². The average Bonchev–Trinajstić information content (AvgIpc) is 2.46. The topological polar surface area (TPSA) is 47.0 Å². The van der Waals surface area contributed by atoms with Crippen LogP contribution in [0.3, 0.4) is 0 Å². The molecule has 0 atom stereocenters. The van der Waals surface area contributed by atoms with E-state index in [2.05, 4.69) is 29.1 Å². The van der Waals surface area contributed by atoms with Crippen molar-refractivity contribution in [3.8, 4) is 11.6 Å². The molecule has 0 spiro atoms. The molecule has 0 bridgehead atoms. The third-order valence-corrected chi connectivity index (χ3v) is 2.74. The Kier molecular flexibility index (Phi) is 5.35. The van der Waals surface area contributed by atoms with Crippen molar-refractivity contribution < 1.29 is 4.74 Å². The van der Waals surface area contributed by atoms with Crippen LogP contribution >= 0.6 is 0 Å². The van der Waals surface area contributed by atoms with Gasteiger partial charge in [-0.2, -0.15) is 4.98 Å². The molecular weight excluding hydrogens is 250 g/mol. The Balaban J connectivity index is 2.19. The van der Waals surface area contributed by atoms with Gasteiger partial charge in [0.1, 0.15) is 17.4 Å². The minimum absolute atomic E-state index is 0.591. The number of hydrogen-bond acceptors (Lipinski definition) is 4. The van der Waals surface area contributed by atoms with E-state index in [1.165, 1.54) is 0 Å². The number of hydrogen-bond donors (Lipinski definition) is 1. The van der Waals surface area contributed by atoms with Crippen LogP contribution in [0.15, 0.2) is 36.4 Å². The zero-order valence-corrected chi connectivity index (χ0v) is 12.1. The molecule has 1 N–H and O–H groups in total. The summed E-state index contributed by atoms with van der Waals surface area (Å²) in [4.78, 5) is 8.95. The Morgan fingerprint density at radius 3 is 2.55 bits per heavy atom. The van der Waals surface area contributed by atoms with Crippen molar-refractivity contribution in [1.82, 2.24) is 9.97 Å². The van der Waals surface area contributed by atoms with Crippen LogP contribution in [0.25, 0.3) is 0 Å². The number of rotatable bonds is 7. The van der Waals surface area contributed by atoms with E-state index in [1.54, 1.807) is 0 Å². The third-order valence-electron chi connectivity index (χ3n) is 2.74.